The van der Waals surface area contributed by atoms with Crippen LogP contribution in [0.1, 0.15) is 0 Å². The molecule has 0 N–H and O–H groups in total. The fourth-order valence-corrected chi connectivity index (χ4v) is 8.57. The van der Waals surface area contributed by atoms with Gasteiger partial charge < -0.3 is 0 Å². The second kappa shape index (κ2) is 15.5. The molecular weight excluding hydrogens is 741 g/mol. The van der Waals surface area contributed by atoms with Gasteiger partial charge in [-0.15, -0.1) is 0 Å². The van der Waals surface area contributed by atoms with Gasteiger partial charge in [-0.05, 0) is 91.3 Å². The standard InChI is InChI=1S/C57H38N4/c1-5-19-39(20-6-1)43-33-34-54-52(38-43)50-30-16-14-28-48(50)47-27-13-15-29-49(47)51-31-17-18-32-53(51)61(54)57-59-55(42-25-11-4-12-26-42)58-56(60-57)46-36-44(40-21-7-2-8-22-40)35-45(37-46)41-23-9-3-10-24-41/h1-38H. The van der Waals surface area contributed by atoms with Crippen LogP contribution in [0.4, 0.5) is 0 Å². The first-order valence-corrected chi connectivity index (χ1v) is 20.6. The molecule has 0 atom stereocenters. The number of nitrogens with zero attached hydrogens (tertiary/aromatic N) is 4. The molecular formula is C57H38N4. The van der Waals surface area contributed by atoms with Crippen LogP contribution in [0.3, 0.4) is 0 Å². The van der Waals surface area contributed by atoms with Gasteiger partial charge in [0.25, 0.3) is 0 Å². The first-order valence-electron chi connectivity index (χ1n) is 20.6. The van der Waals surface area contributed by atoms with E-state index in [-0.39, 0.29) is 0 Å². The molecule has 4 nitrogen and oxygen atoms in total. The summed E-state index contributed by atoms with van der Waals surface area (Å²) < 4.78 is 2.25. The molecule has 0 amide bonds. The van der Waals surface area contributed by atoms with Crippen LogP contribution in [-0.2, 0) is 0 Å². The Morgan fingerprint density at radius 1 is 0.230 bits per heavy atom. The van der Waals surface area contributed by atoms with Gasteiger partial charge in [-0.1, -0.05) is 194 Å². The second-order valence-electron chi connectivity index (χ2n) is 15.2. The van der Waals surface area contributed by atoms with E-state index < -0.39 is 0 Å². The average molecular weight is 779 g/mol. The minimum atomic E-state index is 0.522. The van der Waals surface area contributed by atoms with E-state index in [2.05, 4.69) is 217 Å². The van der Waals surface area contributed by atoms with Gasteiger partial charge in [-0.2, -0.15) is 9.97 Å². The highest BCUT2D eigenvalue weighted by Crippen LogP contribution is 2.37. The second-order valence-corrected chi connectivity index (χ2v) is 15.2. The minimum absolute atomic E-state index is 0.522. The van der Waals surface area contributed by atoms with Gasteiger partial charge in [0, 0.05) is 21.9 Å². The summed E-state index contributed by atoms with van der Waals surface area (Å²) in [6.07, 6.45) is 0. The third kappa shape index (κ3) is 6.76. The summed E-state index contributed by atoms with van der Waals surface area (Å²) in [5.41, 5.74) is 10.4. The van der Waals surface area contributed by atoms with Crippen LogP contribution < -0.4 is 0 Å². The summed E-state index contributed by atoms with van der Waals surface area (Å²) in [7, 11) is 0. The summed E-state index contributed by atoms with van der Waals surface area (Å²) in [6.45, 7) is 0. The lowest BCUT2D eigenvalue weighted by molar-refractivity contribution is 0.951. The molecule has 4 heteroatoms. The normalized spacial score (nSPS) is 11.3. The number of rotatable bonds is 6. The molecule has 0 aliphatic heterocycles. The number of aromatic nitrogens is 4. The number of fused-ring (bicyclic) bond motifs is 7. The molecule has 0 bridgehead atoms. The first-order chi connectivity index (χ1) is 30.2. The van der Waals surface area contributed by atoms with Crippen LogP contribution >= 0.6 is 0 Å². The van der Waals surface area contributed by atoms with E-state index in [0.29, 0.717) is 17.6 Å². The predicted octanol–water partition coefficient (Wildman–Crippen LogP) is 14.7. The zero-order valence-corrected chi connectivity index (χ0v) is 33.2. The Morgan fingerprint density at radius 3 is 1.15 bits per heavy atom. The topological polar surface area (TPSA) is 43.6 Å². The lowest BCUT2D eigenvalue weighted by Crippen LogP contribution is -2.08. The summed E-state index contributed by atoms with van der Waals surface area (Å²) in [5, 5.41) is 6.73. The molecule has 2 heterocycles. The van der Waals surface area contributed by atoms with Crippen molar-refractivity contribution in [2.75, 3.05) is 0 Å². The maximum Gasteiger partial charge on any atom is 0.238 e. The SMILES string of the molecule is c1ccc(-c2cc(-c3ccccc3)cc(-c3nc(-c4ccccc4)nc(-n4c5ccccc5c5ccccc5c5ccccc5c5cc(-c6ccccc6)ccc54)n3)c2)cc1. The molecule has 0 aliphatic carbocycles. The van der Waals surface area contributed by atoms with Crippen molar-refractivity contribution >= 4 is 43.4 Å². The number of hydrogen-bond donors (Lipinski definition) is 0. The summed E-state index contributed by atoms with van der Waals surface area (Å²) in [4.78, 5) is 16.2. The number of hydrogen-bond acceptors (Lipinski definition) is 3. The third-order valence-corrected chi connectivity index (χ3v) is 11.5. The summed E-state index contributed by atoms with van der Waals surface area (Å²) >= 11 is 0. The van der Waals surface area contributed by atoms with Crippen LogP contribution in [-0.4, -0.2) is 19.5 Å². The van der Waals surface area contributed by atoms with Crippen molar-refractivity contribution in [3.05, 3.63) is 231 Å². The molecule has 0 fully saturated rings. The molecule has 9 aromatic carbocycles. The Bertz CT molecular complexity index is 3390. The summed E-state index contributed by atoms with van der Waals surface area (Å²) in [6, 6.07) is 81.4. The fourth-order valence-electron chi connectivity index (χ4n) is 8.57. The van der Waals surface area contributed by atoms with Crippen LogP contribution in [0.5, 0.6) is 0 Å². The molecule has 0 spiro atoms. The average Bonchev–Trinajstić information content (AvgIpc) is 3.39. The van der Waals surface area contributed by atoms with E-state index >= 15 is 0 Å². The maximum absolute atomic E-state index is 5.52. The highest BCUT2D eigenvalue weighted by molar-refractivity contribution is 6.19. The van der Waals surface area contributed by atoms with Crippen LogP contribution in [0.25, 0.3) is 105 Å². The smallest absolute Gasteiger partial charge is 0.238 e. The quantitative estimate of drug-likeness (QED) is 0.169. The molecule has 11 aromatic rings. The van der Waals surface area contributed by atoms with Crippen molar-refractivity contribution in [1.82, 2.24) is 19.5 Å². The third-order valence-electron chi connectivity index (χ3n) is 11.5. The van der Waals surface area contributed by atoms with Crippen molar-refractivity contribution in [2.45, 2.75) is 0 Å². The molecule has 61 heavy (non-hydrogen) atoms. The molecule has 286 valence electrons. The largest absolute Gasteiger partial charge is 0.278 e. The van der Waals surface area contributed by atoms with Crippen molar-refractivity contribution in [1.29, 1.82) is 0 Å². The van der Waals surface area contributed by atoms with Gasteiger partial charge in [0.2, 0.25) is 5.95 Å². The van der Waals surface area contributed by atoms with Crippen molar-refractivity contribution in [3.8, 4) is 62.1 Å². The van der Waals surface area contributed by atoms with Crippen molar-refractivity contribution in [2.24, 2.45) is 0 Å². The molecule has 0 radical (unpaired) electrons. The van der Waals surface area contributed by atoms with E-state index in [9.17, 15) is 0 Å². The summed E-state index contributed by atoms with van der Waals surface area (Å²) in [5.74, 6) is 1.69. The van der Waals surface area contributed by atoms with E-state index in [1.807, 2.05) is 18.2 Å². The Labute approximate surface area is 354 Å². The van der Waals surface area contributed by atoms with Crippen LogP contribution in [0.15, 0.2) is 231 Å². The lowest BCUT2D eigenvalue weighted by Gasteiger charge is -2.16. The Kier molecular flexibility index (Phi) is 9.14. The molecule has 2 aromatic heterocycles. The zero-order valence-electron chi connectivity index (χ0n) is 33.2. The van der Waals surface area contributed by atoms with E-state index in [1.54, 1.807) is 0 Å². The van der Waals surface area contributed by atoms with Crippen molar-refractivity contribution < 1.29 is 0 Å². The zero-order chi connectivity index (χ0) is 40.5. The van der Waals surface area contributed by atoms with Gasteiger partial charge in [-0.3, -0.25) is 4.57 Å². The van der Waals surface area contributed by atoms with E-state index in [0.717, 1.165) is 87.9 Å². The Balaban J connectivity index is 1.31. The highest BCUT2D eigenvalue weighted by atomic mass is 15.2. The van der Waals surface area contributed by atoms with Gasteiger partial charge in [0.05, 0.1) is 11.0 Å². The molecule has 0 unspecified atom stereocenters. The predicted molar refractivity (Wildman–Crippen MR) is 254 cm³/mol. The van der Waals surface area contributed by atoms with Gasteiger partial charge in [0.1, 0.15) is 0 Å². The lowest BCUT2D eigenvalue weighted by atomic mass is 9.96. The van der Waals surface area contributed by atoms with Gasteiger partial charge in [-0.25, -0.2) is 4.98 Å². The van der Waals surface area contributed by atoms with Gasteiger partial charge >= 0.3 is 0 Å². The Hall–Kier alpha value is -8.21. The van der Waals surface area contributed by atoms with Gasteiger partial charge in [0.15, 0.2) is 11.6 Å². The first kappa shape index (κ1) is 35.9. The van der Waals surface area contributed by atoms with E-state index in [1.165, 1.54) is 0 Å². The molecule has 0 saturated carbocycles. The van der Waals surface area contributed by atoms with Crippen LogP contribution in [0.2, 0.25) is 0 Å². The Morgan fingerprint density at radius 2 is 0.607 bits per heavy atom. The van der Waals surface area contributed by atoms with E-state index in [4.69, 9.17) is 15.0 Å². The molecule has 0 saturated heterocycles. The molecule has 0 aliphatic rings. The molecule has 11 rings (SSSR count). The number of benzene rings is 9. The number of para-hydroxylation sites is 1. The highest BCUT2D eigenvalue weighted by Gasteiger charge is 2.18. The van der Waals surface area contributed by atoms with Crippen LogP contribution in [0, 0.1) is 0 Å². The monoisotopic (exact) mass is 778 g/mol. The maximum atomic E-state index is 5.52. The minimum Gasteiger partial charge on any atom is -0.278 e. The fraction of sp³-hybridized carbons (Fsp3) is 0. The van der Waals surface area contributed by atoms with Crippen molar-refractivity contribution in [3.63, 3.8) is 0 Å².